The number of imidazole rings is 2. The molecule has 2 aliphatic carbocycles. The highest BCUT2D eigenvalue weighted by molar-refractivity contribution is 5.91. The number of aromatic amines is 2. The van der Waals surface area contributed by atoms with Gasteiger partial charge in [0.1, 0.15) is 23.7 Å². The minimum absolute atomic E-state index is 0.0233. The number of benzene rings is 3. The molecule has 3 aromatic carbocycles. The average molecular weight is 883 g/mol. The van der Waals surface area contributed by atoms with Crippen molar-refractivity contribution in [2.24, 2.45) is 23.2 Å². The molecule has 0 radical (unpaired) electrons. The Balaban J connectivity index is 0.832. The predicted octanol–water partition coefficient (Wildman–Crippen LogP) is 7.92. The molecule has 65 heavy (non-hydrogen) atoms. The molecule has 15 nitrogen and oxygen atoms in total. The number of carbonyl (C=O) groups is 4. The Bertz CT molecular complexity index is 2590. The molecule has 6 atom stereocenters. The molecule has 2 saturated carbocycles. The second-order valence-corrected chi connectivity index (χ2v) is 19.2. The molecule has 15 heteroatoms. The number of methoxy groups -OCH3 is 2. The first-order valence-electron chi connectivity index (χ1n) is 23.2. The number of hydrogen-bond acceptors (Lipinski definition) is 9. The Morgan fingerprint density at radius 2 is 1.37 bits per heavy atom. The number of likely N-dealkylation sites (tertiary alicyclic amines) is 2. The van der Waals surface area contributed by atoms with Gasteiger partial charge in [-0.2, -0.15) is 0 Å². The number of hydrogen-bond donors (Lipinski definition) is 4. The van der Waals surface area contributed by atoms with Gasteiger partial charge in [-0.25, -0.2) is 19.6 Å². The van der Waals surface area contributed by atoms with Crippen molar-refractivity contribution in [3.05, 3.63) is 84.7 Å². The maximum Gasteiger partial charge on any atom is 0.407 e. The molecule has 4 unspecified atom stereocenters. The van der Waals surface area contributed by atoms with Crippen LogP contribution in [-0.4, -0.2) is 106 Å². The lowest BCUT2D eigenvalue weighted by Crippen LogP contribution is -2.55. The number of amides is 4. The van der Waals surface area contributed by atoms with Gasteiger partial charge in [0.25, 0.3) is 0 Å². The third-order valence-corrected chi connectivity index (χ3v) is 14.9. The van der Waals surface area contributed by atoms with Crippen molar-refractivity contribution in [1.82, 2.24) is 40.4 Å². The molecular weight excluding hydrogens is 825 g/mol. The Morgan fingerprint density at radius 3 is 2.06 bits per heavy atom. The number of ether oxygens (including phenoxy) is 3. The molecular formula is C50H58N8O7. The smallest absolute Gasteiger partial charge is 0.407 e. The monoisotopic (exact) mass is 882 g/mol. The van der Waals surface area contributed by atoms with E-state index in [0.717, 1.165) is 94.6 Å². The number of nitrogens with zero attached hydrogens (tertiary/aromatic N) is 4. The van der Waals surface area contributed by atoms with Crippen LogP contribution in [-0.2, 0) is 23.8 Å². The zero-order valence-electron chi connectivity index (χ0n) is 37.5. The number of fused-ring (bicyclic) bond motifs is 3. The van der Waals surface area contributed by atoms with Crippen LogP contribution >= 0.6 is 0 Å². The fourth-order valence-corrected chi connectivity index (χ4v) is 11.1. The van der Waals surface area contributed by atoms with Crippen molar-refractivity contribution in [1.29, 1.82) is 0 Å². The summed E-state index contributed by atoms with van der Waals surface area (Å²) in [4.78, 5) is 73.6. The Kier molecular flexibility index (Phi) is 11.4. The second kappa shape index (κ2) is 17.3. The van der Waals surface area contributed by atoms with E-state index in [4.69, 9.17) is 24.2 Å². The summed E-state index contributed by atoms with van der Waals surface area (Å²) in [5.74, 6) is 1.54. The molecule has 2 aromatic heterocycles. The van der Waals surface area contributed by atoms with Gasteiger partial charge in [0.05, 0.1) is 50.1 Å². The first-order valence-corrected chi connectivity index (χ1v) is 23.2. The molecule has 1 spiro atoms. The number of H-pyrrole nitrogens is 2. The molecule has 340 valence electrons. The number of carbonyl (C=O) groups excluding carboxylic acids is 4. The van der Waals surface area contributed by atoms with Crippen LogP contribution in [0.4, 0.5) is 9.59 Å². The van der Waals surface area contributed by atoms with E-state index >= 15 is 0 Å². The summed E-state index contributed by atoms with van der Waals surface area (Å²) >= 11 is 0. The van der Waals surface area contributed by atoms with Gasteiger partial charge in [-0.15, -0.1) is 0 Å². The van der Waals surface area contributed by atoms with Crippen molar-refractivity contribution in [3.8, 4) is 33.6 Å². The Hall–Kier alpha value is -6.22. The van der Waals surface area contributed by atoms with Gasteiger partial charge in [0.15, 0.2) is 0 Å². The molecule has 5 aliphatic rings. The van der Waals surface area contributed by atoms with Gasteiger partial charge >= 0.3 is 12.2 Å². The first kappa shape index (κ1) is 42.7. The van der Waals surface area contributed by atoms with Crippen LogP contribution in [0.2, 0.25) is 0 Å². The van der Waals surface area contributed by atoms with Gasteiger partial charge in [-0.05, 0) is 114 Å². The van der Waals surface area contributed by atoms with E-state index in [2.05, 4.69) is 81.3 Å². The molecule has 5 aromatic rings. The van der Waals surface area contributed by atoms with E-state index in [0.29, 0.717) is 38.5 Å². The van der Waals surface area contributed by atoms with Crippen molar-refractivity contribution < 1.29 is 33.4 Å². The SMILES string of the molecule is COC(=O)NC(C(=O)N1CC2(CC2)C[C@H]1c1ncc(-c2ccc3cc(-c4ccc(-c5cnc(C6C7CCC(C7)N6C(=O)[C@@H](NC(=O)OC)C6CCOCC6)[nH]5)cc4)ccc3c2)[nH]1)C(C)C. The van der Waals surface area contributed by atoms with Gasteiger partial charge in [-0.1, -0.05) is 62.4 Å². The van der Waals surface area contributed by atoms with Gasteiger partial charge in [0.2, 0.25) is 11.8 Å². The maximum atomic E-state index is 14.4. The molecule has 10 rings (SSSR count). The normalized spacial score (nSPS) is 23.2. The van der Waals surface area contributed by atoms with E-state index in [1.54, 1.807) is 0 Å². The van der Waals surface area contributed by atoms with Crippen LogP contribution in [0, 0.1) is 23.2 Å². The molecule has 5 fully saturated rings. The van der Waals surface area contributed by atoms with E-state index in [9.17, 15) is 19.2 Å². The molecule has 4 amide bonds. The fraction of sp³-hybridized carbons (Fsp3) is 0.480. The van der Waals surface area contributed by atoms with E-state index in [1.165, 1.54) is 14.2 Å². The first-order chi connectivity index (χ1) is 31.5. The standard InChI is InChI=1S/C50H58N8O7/c1-28(2)41(55-48(61)63-3)46(59)57-27-50(17-18-50)24-40(57)44-51-26-39(53-44)35-12-11-33-21-32(9-10-34(33)22-35)29-5-7-30(8-6-29)38-25-52-45(54-38)43-36-13-14-37(23-36)58(43)47(60)42(56-49(62)64-4)31-15-19-65-20-16-31/h5-12,21-22,25-26,28,31,36-37,40-43H,13-20,23-24,27H2,1-4H3,(H,51,53)(H,52,54)(H,55,61)(H,56,62)/t36?,37?,40-,41?,42-,43?/m0/s1. The summed E-state index contributed by atoms with van der Waals surface area (Å²) in [6.07, 6.45) is 9.84. The van der Waals surface area contributed by atoms with Crippen LogP contribution in [0.1, 0.15) is 88.9 Å². The van der Waals surface area contributed by atoms with Crippen molar-refractivity contribution in [2.75, 3.05) is 34.0 Å². The topological polar surface area (TPSA) is 184 Å². The van der Waals surface area contributed by atoms with Crippen LogP contribution in [0.25, 0.3) is 44.4 Å². The highest BCUT2D eigenvalue weighted by Crippen LogP contribution is 2.58. The number of nitrogens with one attached hydrogen (secondary N) is 4. The summed E-state index contributed by atoms with van der Waals surface area (Å²) in [7, 11) is 2.63. The van der Waals surface area contributed by atoms with Gasteiger partial charge in [-0.3, -0.25) is 9.59 Å². The minimum atomic E-state index is -0.689. The number of alkyl carbamates (subject to hydrolysis) is 2. The third kappa shape index (κ3) is 8.23. The van der Waals surface area contributed by atoms with E-state index < -0.39 is 24.3 Å². The highest BCUT2D eigenvalue weighted by atomic mass is 16.5. The van der Waals surface area contributed by atoms with Gasteiger partial charge < -0.3 is 44.6 Å². The lowest BCUT2D eigenvalue weighted by atomic mass is 9.89. The maximum absolute atomic E-state index is 14.4. The zero-order valence-corrected chi connectivity index (χ0v) is 37.5. The van der Waals surface area contributed by atoms with E-state index in [-0.39, 0.29) is 47.2 Å². The Morgan fingerprint density at radius 1 is 0.754 bits per heavy atom. The summed E-state index contributed by atoms with van der Waals surface area (Å²) in [6.45, 7) is 5.65. The third-order valence-electron chi connectivity index (χ3n) is 14.9. The largest absolute Gasteiger partial charge is 0.453 e. The second-order valence-electron chi connectivity index (χ2n) is 19.2. The van der Waals surface area contributed by atoms with Crippen LogP contribution in [0.15, 0.2) is 73.1 Å². The van der Waals surface area contributed by atoms with Crippen LogP contribution in [0.3, 0.4) is 0 Å². The molecule has 3 saturated heterocycles. The van der Waals surface area contributed by atoms with Crippen molar-refractivity contribution >= 4 is 34.8 Å². The lowest BCUT2D eigenvalue weighted by Gasteiger charge is -2.39. The van der Waals surface area contributed by atoms with Crippen LogP contribution in [0.5, 0.6) is 0 Å². The van der Waals surface area contributed by atoms with Crippen molar-refractivity contribution in [2.45, 2.75) is 95.4 Å². The average Bonchev–Trinajstić information content (AvgIpc) is 3.97. The number of rotatable bonds is 11. The van der Waals surface area contributed by atoms with Gasteiger partial charge in [0, 0.05) is 31.4 Å². The summed E-state index contributed by atoms with van der Waals surface area (Å²) in [5.41, 5.74) is 6.08. The summed E-state index contributed by atoms with van der Waals surface area (Å²) in [5, 5.41) is 7.84. The van der Waals surface area contributed by atoms with E-state index in [1.807, 2.05) is 36.0 Å². The van der Waals surface area contributed by atoms with Crippen molar-refractivity contribution in [3.63, 3.8) is 0 Å². The van der Waals surface area contributed by atoms with Crippen LogP contribution < -0.4 is 10.6 Å². The predicted molar refractivity (Wildman–Crippen MR) is 243 cm³/mol. The summed E-state index contributed by atoms with van der Waals surface area (Å²) < 4.78 is 15.3. The molecule has 3 aliphatic heterocycles. The lowest BCUT2D eigenvalue weighted by molar-refractivity contribution is -0.140. The zero-order chi connectivity index (χ0) is 45.0. The highest BCUT2D eigenvalue weighted by Gasteiger charge is 2.55. The molecule has 2 bridgehead atoms. The molecule has 4 N–H and O–H groups in total. The number of piperidine rings is 1. The summed E-state index contributed by atoms with van der Waals surface area (Å²) in [6, 6.07) is 19.7. The Labute approximate surface area is 378 Å². The molecule has 5 heterocycles. The minimum Gasteiger partial charge on any atom is -0.453 e. The quantitative estimate of drug-likeness (QED) is 0.102. The number of aromatic nitrogens is 4. The fourth-order valence-electron chi connectivity index (χ4n) is 11.1.